The molecule has 0 bridgehead atoms. The van der Waals surface area contributed by atoms with Crippen molar-refractivity contribution < 1.29 is 14.4 Å². The third-order valence-electron chi connectivity index (χ3n) is 5.43. The summed E-state index contributed by atoms with van der Waals surface area (Å²) in [4.78, 5) is 43.8. The van der Waals surface area contributed by atoms with Crippen molar-refractivity contribution in [2.45, 2.75) is 25.7 Å². The van der Waals surface area contributed by atoms with Crippen molar-refractivity contribution in [2.75, 3.05) is 46.3 Å². The molecule has 0 radical (unpaired) electrons. The molecule has 2 amide bonds. The number of piperazine rings is 1. The number of thiophene rings is 1. The van der Waals surface area contributed by atoms with E-state index in [4.69, 9.17) is 11.6 Å². The van der Waals surface area contributed by atoms with Crippen LogP contribution < -0.4 is 0 Å². The summed E-state index contributed by atoms with van der Waals surface area (Å²) in [5.74, 6) is 0.212. The molecule has 0 atom stereocenters. The standard InChI is InChI=1S/C19H26ClN3O3S/c1-21-10-12-23(13-11-21)19(26)14-6-8-22(9-7-14)18(25)5-2-15(24)16-3-4-17(20)27-16/h3-4,14H,2,5-13H2,1H3. The number of carbonyl (C=O) groups excluding carboxylic acids is 3. The van der Waals surface area contributed by atoms with Crippen LogP contribution in [0.5, 0.6) is 0 Å². The summed E-state index contributed by atoms with van der Waals surface area (Å²) < 4.78 is 0.580. The van der Waals surface area contributed by atoms with E-state index in [1.165, 1.54) is 11.3 Å². The van der Waals surface area contributed by atoms with Gasteiger partial charge in [-0.05, 0) is 32.0 Å². The Balaban J connectivity index is 1.41. The van der Waals surface area contributed by atoms with Crippen LogP contribution in [0.15, 0.2) is 12.1 Å². The van der Waals surface area contributed by atoms with Gasteiger partial charge in [-0.15, -0.1) is 11.3 Å². The zero-order chi connectivity index (χ0) is 19.4. The summed E-state index contributed by atoms with van der Waals surface area (Å²) in [6.45, 7) is 4.63. The van der Waals surface area contributed by atoms with Crippen molar-refractivity contribution in [1.29, 1.82) is 0 Å². The lowest BCUT2D eigenvalue weighted by Crippen LogP contribution is -2.51. The van der Waals surface area contributed by atoms with Crippen molar-refractivity contribution in [1.82, 2.24) is 14.7 Å². The highest BCUT2D eigenvalue weighted by molar-refractivity contribution is 7.18. The number of ketones is 1. The lowest BCUT2D eigenvalue weighted by atomic mass is 9.94. The summed E-state index contributed by atoms with van der Waals surface area (Å²) >= 11 is 7.10. The highest BCUT2D eigenvalue weighted by Crippen LogP contribution is 2.24. The number of likely N-dealkylation sites (tertiary alicyclic amines) is 1. The van der Waals surface area contributed by atoms with Gasteiger partial charge in [-0.1, -0.05) is 11.6 Å². The van der Waals surface area contributed by atoms with Gasteiger partial charge in [0.2, 0.25) is 11.8 Å². The third kappa shape index (κ3) is 5.30. The summed E-state index contributed by atoms with van der Waals surface area (Å²) in [5, 5.41) is 0. The van der Waals surface area contributed by atoms with Gasteiger partial charge in [-0.3, -0.25) is 14.4 Å². The molecule has 2 fully saturated rings. The van der Waals surface area contributed by atoms with E-state index in [0.717, 1.165) is 26.2 Å². The topological polar surface area (TPSA) is 60.9 Å². The number of nitrogens with zero attached hydrogens (tertiary/aromatic N) is 3. The van der Waals surface area contributed by atoms with E-state index >= 15 is 0 Å². The number of halogens is 1. The van der Waals surface area contributed by atoms with Crippen LogP contribution in [0.3, 0.4) is 0 Å². The van der Waals surface area contributed by atoms with Crippen LogP contribution in [0.4, 0.5) is 0 Å². The number of likely N-dealkylation sites (N-methyl/N-ethyl adjacent to an activating group) is 1. The first-order valence-electron chi connectivity index (χ1n) is 9.47. The predicted octanol–water partition coefficient (Wildman–Crippen LogP) is 2.38. The minimum Gasteiger partial charge on any atom is -0.343 e. The lowest BCUT2D eigenvalue weighted by Gasteiger charge is -2.37. The minimum absolute atomic E-state index is 0.00324. The van der Waals surface area contributed by atoms with Crippen LogP contribution in [-0.2, 0) is 9.59 Å². The molecular weight excluding hydrogens is 386 g/mol. The van der Waals surface area contributed by atoms with E-state index in [2.05, 4.69) is 11.9 Å². The van der Waals surface area contributed by atoms with Crippen LogP contribution in [0, 0.1) is 5.92 Å². The molecular formula is C19H26ClN3O3S. The third-order valence-corrected chi connectivity index (χ3v) is 6.70. The van der Waals surface area contributed by atoms with Gasteiger partial charge in [0, 0.05) is 58.0 Å². The van der Waals surface area contributed by atoms with Gasteiger partial charge in [0.15, 0.2) is 5.78 Å². The Morgan fingerprint density at radius 1 is 1.00 bits per heavy atom. The number of carbonyl (C=O) groups is 3. The maximum Gasteiger partial charge on any atom is 0.225 e. The van der Waals surface area contributed by atoms with Gasteiger partial charge in [0.05, 0.1) is 9.21 Å². The lowest BCUT2D eigenvalue weighted by molar-refractivity contribution is -0.141. The molecule has 3 heterocycles. The fraction of sp³-hybridized carbons (Fsp3) is 0.632. The van der Waals surface area contributed by atoms with E-state index in [0.29, 0.717) is 35.1 Å². The van der Waals surface area contributed by atoms with Crippen LogP contribution in [-0.4, -0.2) is 78.6 Å². The van der Waals surface area contributed by atoms with Gasteiger partial charge in [-0.2, -0.15) is 0 Å². The number of amides is 2. The molecule has 0 unspecified atom stereocenters. The Kier molecular flexibility index (Phi) is 6.89. The predicted molar refractivity (Wildman–Crippen MR) is 106 cm³/mol. The number of piperidine rings is 1. The average Bonchev–Trinajstić information content (AvgIpc) is 3.12. The quantitative estimate of drug-likeness (QED) is 0.698. The van der Waals surface area contributed by atoms with Gasteiger partial charge in [0.25, 0.3) is 0 Å². The Labute approximate surface area is 169 Å². The Hall–Kier alpha value is -1.44. The second-order valence-electron chi connectivity index (χ2n) is 7.31. The fourth-order valence-electron chi connectivity index (χ4n) is 3.63. The van der Waals surface area contributed by atoms with E-state index in [1.807, 2.05) is 4.90 Å². The molecule has 3 rings (SSSR count). The largest absolute Gasteiger partial charge is 0.343 e. The first kappa shape index (κ1) is 20.3. The average molecular weight is 412 g/mol. The SMILES string of the molecule is CN1CCN(C(=O)C2CCN(C(=O)CCC(=O)c3ccc(Cl)s3)CC2)CC1. The van der Waals surface area contributed by atoms with Crippen molar-refractivity contribution in [3.05, 3.63) is 21.3 Å². The van der Waals surface area contributed by atoms with Crippen molar-refractivity contribution in [3.63, 3.8) is 0 Å². The molecule has 0 aromatic carbocycles. The van der Waals surface area contributed by atoms with Crippen LogP contribution in [0.2, 0.25) is 4.34 Å². The molecule has 6 nitrogen and oxygen atoms in total. The molecule has 2 aliphatic rings. The molecule has 0 N–H and O–H groups in total. The highest BCUT2D eigenvalue weighted by Gasteiger charge is 2.31. The molecule has 8 heteroatoms. The Morgan fingerprint density at radius 2 is 1.67 bits per heavy atom. The molecule has 0 spiro atoms. The molecule has 1 aromatic rings. The first-order valence-corrected chi connectivity index (χ1v) is 10.7. The maximum absolute atomic E-state index is 12.7. The summed E-state index contributed by atoms with van der Waals surface area (Å²) in [6, 6.07) is 3.40. The molecule has 148 valence electrons. The fourth-order valence-corrected chi connectivity index (χ4v) is 4.64. The zero-order valence-electron chi connectivity index (χ0n) is 15.7. The van der Waals surface area contributed by atoms with Gasteiger partial charge < -0.3 is 14.7 Å². The normalized spacial score (nSPS) is 19.3. The summed E-state index contributed by atoms with van der Waals surface area (Å²) in [5.41, 5.74) is 0. The highest BCUT2D eigenvalue weighted by atomic mass is 35.5. The van der Waals surface area contributed by atoms with Crippen LogP contribution >= 0.6 is 22.9 Å². The molecule has 2 saturated heterocycles. The maximum atomic E-state index is 12.7. The van der Waals surface area contributed by atoms with Gasteiger partial charge in [-0.25, -0.2) is 0 Å². The van der Waals surface area contributed by atoms with Crippen LogP contribution in [0.1, 0.15) is 35.4 Å². The Bertz CT molecular complexity index is 692. The molecule has 0 aliphatic carbocycles. The van der Waals surface area contributed by atoms with E-state index < -0.39 is 0 Å². The van der Waals surface area contributed by atoms with E-state index in [1.54, 1.807) is 17.0 Å². The van der Waals surface area contributed by atoms with Gasteiger partial charge >= 0.3 is 0 Å². The van der Waals surface area contributed by atoms with Crippen molar-refractivity contribution >= 4 is 40.5 Å². The smallest absolute Gasteiger partial charge is 0.225 e. The monoisotopic (exact) mass is 411 g/mol. The molecule has 27 heavy (non-hydrogen) atoms. The number of rotatable bonds is 5. The minimum atomic E-state index is -0.0413. The van der Waals surface area contributed by atoms with Crippen molar-refractivity contribution in [3.8, 4) is 0 Å². The second kappa shape index (κ2) is 9.17. The van der Waals surface area contributed by atoms with Gasteiger partial charge in [0.1, 0.15) is 0 Å². The van der Waals surface area contributed by atoms with Crippen LogP contribution in [0.25, 0.3) is 0 Å². The number of hydrogen-bond donors (Lipinski definition) is 0. The number of Topliss-reactive ketones (excluding diaryl/α,β-unsaturated/α-hetero) is 1. The first-order chi connectivity index (χ1) is 12.9. The molecule has 1 aromatic heterocycles. The molecule has 2 aliphatic heterocycles. The van der Waals surface area contributed by atoms with E-state index in [-0.39, 0.29) is 36.4 Å². The summed E-state index contributed by atoms with van der Waals surface area (Å²) in [6.07, 6.45) is 1.85. The summed E-state index contributed by atoms with van der Waals surface area (Å²) in [7, 11) is 2.07. The second-order valence-corrected chi connectivity index (χ2v) is 9.03. The molecule has 0 saturated carbocycles. The number of hydrogen-bond acceptors (Lipinski definition) is 5. The Morgan fingerprint density at radius 3 is 2.26 bits per heavy atom. The zero-order valence-corrected chi connectivity index (χ0v) is 17.2. The van der Waals surface area contributed by atoms with Crippen molar-refractivity contribution in [2.24, 2.45) is 5.92 Å². The van der Waals surface area contributed by atoms with E-state index in [9.17, 15) is 14.4 Å².